The zero-order valence-corrected chi connectivity index (χ0v) is 7.26. The SMILES string of the molecule is CC(C)(O)C1CCC(=O)CC1. The smallest absolute Gasteiger partial charge is 0.132 e. The summed E-state index contributed by atoms with van der Waals surface area (Å²) < 4.78 is 0. The topological polar surface area (TPSA) is 37.3 Å². The quantitative estimate of drug-likeness (QED) is 0.625. The predicted molar refractivity (Wildman–Crippen MR) is 43.3 cm³/mol. The Labute approximate surface area is 67.6 Å². The summed E-state index contributed by atoms with van der Waals surface area (Å²) in [5.74, 6) is 0.672. The standard InChI is InChI=1S/C9H16O2/c1-9(2,11)7-3-5-8(10)6-4-7/h7,11H,3-6H2,1-2H3. The minimum Gasteiger partial charge on any atom is -0.390 e. The first kappa shape index (κ1) is 8.72. The minimum absolute atomic E-state index is 0.320. The molecule has 0 amide bonds. The Bertz CT molecular complexity index is 145. The van der Waals surface area contributed by atoms with Gasteiger partial charge in [-0.15, -0.1) is 0 Å². The molecular weight excluding hydrogens is 140 g/mol. The summed E-state index contributed by atoms with van der Waals surface area (Å²) in [5, 5.41) is 9.62. The number of hydrogen-bond acceptors (Lipinski definition) is 2. The molecule has 1 saturated carbocycles. The molecule has 0 aliphatic heterocycles. The summed E-state index contributed by atoms with van der Waals surface area (Å²) >= 11 is 0. The Morgan fingerprint density at radius 1 is 1.36 bits per heavy atom. The van der Waals surface area contributed by atoms with E-state index in [1.54, 1.807) is 0 Å². The second-order valence-electron chi connectivity index (χ2n) is 3.97. The molecule has 2 heteroatoms. The van der Waals surface area contributed by atoms with Gasteiger partial charge in [-0.05, 0) is 32.6 Å². The van der Waals surface area contributed by atoms with E-state index in [1.165, 1.54) is 0 Å². The van der Waals surface area contributed by atoms with Crippen LogP contribution in [-0.2, 0) is 4.79 Å². The average molecular weight is 156 g/mol. The van der Waals surface area contributed by atoms with Gasteiger partial charge in [0.2, 0.25) is 0 Å². The van der Waals surface area contributed by atoms with E-state index in [1.807, 2.05) is 13.8 Å². The molecule has 0 heterocycles. The number of carbonyl (C=O) groups is 1. The molecule has 2 nitrogen and oxygen atoms in total. The Balaban J connectivity index is 2.45. The third-order valence-corrected chi connectivity index (χ3v) is 2.54. The molecule has 0 bridgehead atoms. The van der Waals surface area contributed by atoms with Gasteiger partial charge in [-0.1, -0.05) is 0 Å². The Morgan fingerprint density at radius 3 is 2.18 bits per heavy atom. The number of aliphatic hydroxyl groups is 1. The van der Waals surface area contributed by atoms with Gasteiger partial charge in [-0.3, -0.25) is 4.79 Å². The molecule has 1 aliphatic carbocycles. The highest BCUT2D eigenvalue weighted by molar-refractivity contribution is 5.79. The summed E-state index contributed by atoms with van der Waals surface area (Å²) in [7, 11) is 0. The first-order valence-electron chi connectivity index (χ1n) is 4.24. The summed E-state index contributed by atoms with van der Waals surface area (Å²) in [4.78, 5) is 10.9. The van der Waals surface area contributed by atoms with Crippen molar-refractivity contribution in [3.8, 4) is 0 Å². The van der Waals surface area contributed by atoms with Crippen LogP contribution >= 0.6 is 0 Å². The predicted octanol–water partition coefficient (Wildman–Crippen LogP) is 1.52. The van der Waals surface area contributed by atoms with Crippen LogP contribution in [0.25, 0.3) is 0 Å². The Morgan fingerprint density at radius 2 is 1.82 bits per heavy atom. The number of ketones is 1. The zero-order chi connectivity index (χ0) is 8.48. The van der Waals surface area contributed by atoms with Crippen LogP contribution < -0.4 is 0 Å². The van der Waals surface area contributed by atoms with Crippen molar-refractivity contribution < 1.29 is 9.90 Å². The minimum atomic E-state index is -0.597. The largest absolute Gasteiger partial charge is 0.390 e. The van der Waals surface area contributed by atoms with Crippen LogP contribution in [0.4, 0.5) is 0 Å². The normalized spacial score (nSPS) is 22.3. The van der Waals surface area contributed by atoms with E-state index in [0.717, 1.165) is 12.8 Å². The molecule has 1 aliphatic rings. The molecule has 0 atom stereocenters. The molecule has 0 spiro atoms. The monoisotopic (exact) mass is 156 g/mol. The number of Topliss-reactive ketones (excluding diaryl/α,β-unsaturated/α-hetero) is 1. The lowest BCUT2D eigenvalue weighted by Gasteiger charge is -2.31. The lowest BCUT2D eigenvalue weighted by atomic mass is 9.78. The van der Waals surface area contributed by atoms with Gasteiger partial charge in [0, 0.05) is 12.8 Å². The lowest BCUT2D eigenvalue weighted by Crippen LogP contribution is -2.33. The second kappa shape index (κ2) is 2.94. The van der Waals surface area contributed by atoms with Crippen LogP contribution in [0.15, 0.2) is 0 Å². The molecule has 0 aromatic carbocycles. The Hall–Kier alpha value is -0.370. The zero-order valence-electron chi connectivity index (χ0n) is 7.26. The second-order valence-corrected chi connectivity index (χ2v) is 3.97. The van der Waals surface area contributed by atoms with Crippen molar-refractivity contribution in [2.24, 2.45) is 5.92 Å². The van der Waals surface area contributed by atoms with Crippen LogP contribution in [0.5, 0.6) is 0 Å². The molecule has 64 valence electrons. The van der Waals surface area contributed by atoms with Crippen LogP contribution in [0.3, 0.4) is 0 Å². The molecule has 1 rings (SSSR count). The van der Waals surface area contributed by atoms with Gasteiger partial charge in [-0.2, -0.15) is 0 Å². The summed E-state index contributed by atoms with van der Waals surface area (Å²) in [5.41, 5.74) is -0.597. The van der Waals surface area contributed by atoms with Gasteiger partial charge in [0.15, 0.2) is 0 Å². The molecule has 0 aromatic rings. The number of rotatable bonds is 1. The van der Waals surface area contributed by atoms with Crippen molar-refractivity contribution in [2.75, 3.05) is 0 Å². The maximum Gasteiger partial charge on any atom is 0.132 e. The fourth-order valence-electron chi connectivity index (χ4n) is 1.65. The highest BCUT2D eigenvalue weighted by Gasteiger charge is 2.30. The maximum absolute atomic E-state index is 10.9. The van der Waals surface area contributed by atoms with E-state index in [9.17, 15) is 9.90 Å². The Kier molecular flexibility index (Phi) is 2.33. The molecule has 0 radical (unpaired) electrons. The fourth-order valence-corrected chi connectivity index (χ4v) is 1.65. The molecule has 0 saturated heterocycles. The maximum atomic E-state index is 10.9. The van der Waals surface area contributed by atoms with Crippen molar-refractivity contribution in [3.05, 3.63) is 0 Å². The third kappa shape index (κ3) is 2.29. The van der Waals surface area contributed by atoms with Gasteiger partial charge >= 0.3 is 0 Å². The average Bonchev–Trinajstić information content (AvgIpc) is 1.86. The van der Waals surface area contributed by atoms with Crippen LogP contribution in [0, 0.1) is 5.92 Å². The molecule has 0 unspecified atom stereocenters. The van der Waals surface area contributed by atoms with Crippen molar-refractivity contribution in [2.45, 2.75) is 45.1 Å². The van der Waals surface area contributed by atoms with Gasteiger partial charge in [0.1, 0.15) is 5.78 Å². The summed E-state index contributed by atoms with van der Waals surface area (Å²) in [6.45, 7) is 3.65. The van der Waals surface area contributed by atoms with Gasteiger partial charge in [-0.25, -0.2) is 0 Å². The molecule has 0 aromatic heterocycles. The van der Waals surface area contributed by atoms with E-state index in [4.69, 9.17) is 0 Å². The highest BCUT2D eigenvalue weighted by Crippen LogP contribution is 2.30. The van der Waals surface area contributed by atoms with E-state index in [-0.39, 0.29) is 0 Å². The van der Waals surface area contributed by atoms with E-state index >= 15 is 0 Å². The number of carbonyl (C=O) groups excluding carboxylic acids is 1. The van der Waals surface area contributed by atoms with Crippen molar-refractivity contribution in [3.63, 3.8) is 0 Å². The van der Waals surface area contributed by atoms with Crippen molar-refractivity contribution in [1.29, 1.82) is 0 Å². The van der Waals surface area contributed by atoms with Gasteiger partial charge in [0.25, 0.3) is 0 Å². The van der Waals surface area contributed by atoms with E-state index in [2.05, 4.69) is 0 Å². The van der Waals surface area contributed by atoms with Crippen molar-refractivity contribution in [1.82, 2.24) is 0 Å². The van der Waals surface area contributed by atoms with E-state index < -0.39 is 5.60 Å². The van der Waals surface area contributed by atoms with Gasteiger partial charge < -0.3 is 5.11 Å². The first-order valence-corrected chi connectivity index (χ1v) is 4.24. The first-order chi connectivity index (χ1) is 5.00. The third-order valence-electron chi connectivity index (χ3n) is 2.54. The molecule has 11 heavy (non-hydrogen) atoms. The highest BCUT2D eigenvalue weighted by atomic mass is 16.3. The molecule has 1 N–H and O–H groups in total. The van der Waals surface area contributed by atoms with Crippen molar-refractivity contribution >= 4 is 5.78 Å². The molecule has 1 fully saturated rings. The lowest BCUT2D eigenvalue weighted by molar-refractivity contribution is -0.122. The number of hydrogen-bond donors (Lipinski definition) is 1. The molecular formula is C9H16O2. The summed E-state index contributed by atoms with van der Waals surface area (Å²) in [6, 6.07) is 0. The van der Waals surface area contributed by atoms with Crippen LogP contribution in [0.2, 0.25) is 0 Å². The van der Waals surface area contributed by atoms with Crippen LogP contribution in [-0.4, -0.2) is 16.5 Å². The van der Waals surface area contributed by atoms with Gasteiger partial charge in [0.05, 0.1) is 5.60 Å². The fraction of sp³-hybridized carbons (Fsp3) is 0.889. The van der Waals surface area contributed by atoms with Crippen LogP contribution in [0.1, 0.15) is 39.5 Å². The van der Waals surface area contributed by atoms with E-state index in [0.29, 0.717) is 24.5 Å². The summed E-state index contributed by atoms with van der Waals surface area (Å²) in [6.07, 6.45) is 3.05.